The molecule has 0 aromatic heterocycles. The number of likely N-dealkylation sites (N-methyl/N-ethyl adjacent to an activating group) is 1. The molecular formula is C11H22N2O. The monoisotopic (exact) mass is 198 g/mol. The highest BCUT2D eigenvalue weighted by Gasteiger charge is 2.36. The summed E-state index contributed by atoms with van der Waals surface area (Å²) in [7, 11) is 1.86. The van der Waals surface area contributed by atoms with Gasteiger partial charge in [-0.1, -0.05) is 26.2 Å². The smallest absolute Gasteiger partial charge is 0.228 e. The van der Waals surface area contributed by atoms with Gasteiger partial charge in [0.15, 0.2) is 0 Å². The Bertz CT molecular complexity index is 197. The molecule has 1 rings (SSSR count). The van der Waals surface area contributed by atoms with Gasteiger partial charge < -0.3 is 10.6 Å². The summed E-state index contributed by atoms with van der Waals surface area (Å²) in [5, 5.41) is 0. The molecule has 0 saturated heterocycles. The van der Waals surface area contributed by atoms with Gasteiger partial charge in [-0.15, -0.1) is 0 Å². The topological polar surface area (TPSA) is 46.3 Å². The molecule has 2 N–H and O–H groups in total. The van der Waals surface area contributed by atoms with Crippen LogP contribution in [0.3, 0.4) is 0 Å². The average molecular weight is 198 g/mol. The Hall–Kier alpha value is -0.570. The predicted molar refractivity (Wildman–Crippen MR) is 57.9 cm³/mol. The van der Waals surface area contributed by atoms with Gasteiger partial charge in [0.2, 0.25) is 5.91 Å². The van der Waals surface area contributed by atoms with Gasteiger partial charge in [0.1, 0.15) is 0 Å². The van der Waals surface area contributed by atoms with E-state index in [0.29, 0.717) is 13.1 Å². The number of hydrogen-bond donors (Lipinski definition) is 1. The fourth-order valence-corrected chi connectivity index (χ4v) is 2.30. The van der Waals surface area contributed by atoms with E-state index in [1.165, 1.54) is 19.3 Å². The highest BCUT2D eigenvalue weighted by molar-refractivity contribution is 5.82. The summed E-state index contributed by atoms with van der Waals surface area (Å²) >= 11 is 0. The molecule has 3 heteroatoms. The van der Waals surface area contributed by atoms with Crippen molar-refractivity contribution < 1.29 is 4.79 Å². The van der Waals surface area contributed by atoms with Crippen molar-refractivity contribution in [3.63, 3.8) is 0 Å². The predicted octanol–water partition coefficient (Wildman–Crippen LogP) is 1.37. The number of nitrogens with zero attached hydrogens (tertiary/aromatic N) is 1. The first-order valence-corrected chi connectivity index (χ1v) is 5.56. The molecule has 1 aliphatic carbocycles. The summed E-state index contributed by atoms with van der Waals surface area (Å²) in [6.45, 7) is 3.33. The zero-order chi connectivity index (χ0) is 10.6. The van der Waals surface area contributed by atoms with Crippen molar-refractivity contribution in [1.82, 2.24) is 4.90 Å². The highest BCUT2D eigenvalue weighted by atomic mass is 16.2. The Labute approximate surface area is 86.6 Å². The van der Waals surface area contributed by atoms with Gasteiger partial charge in [-0.2, -0.15) is 0 Å². The third-order valence-corrected chi connectivity index (χ3v) is 3.28. The summed E-state index contributed by atoms with van der Waals surface area (Å²) in [5.41, 5.74) is 5.34. The van der Waals surface area contributed by atoms with Gasteiger partial charge in [-0.05, 0) is 12.8 Å². The molecule has 14 heavy (non-hydrogen) atoms. The van der Waals surface area contributed by atoms with Crippen LogP contribution in [0.5, 0.6) is 0 Å². The van der Waals surface area contributed by atoms with Gasteiger partial charge in [0, 0.05) is 25.6 Å². The van der Waals surface area contributed by atoms with Gasteiger partial charge in [-0.25, -0.2) is 0 Å². The minimum Gasteiger partial charge on any atom is -0.344 e. The third-order valence-electron chi connectivity index (χ3n) is 3.28. The molecule has 3 nitrogen and oxygen atoms in total. The lowest BCUT2D eigenvalue weighted by atomic mass is 9.75. The van der Waals surface area contributed by atoms with E-state index in [1.54, 1.807) is 4.90 Å². The van der Waals surface area contributed by atoms with Crippen molar-refractivity contribution >= 4 is 5.91 Å². The molecule has 0 aliphatic heterocycles. The van der Waals surface area contributed by atoms with E-state index in [1.807, 2.05) is 7.05 Å². The summed E-state index contributed by atoms with van der Waals surface area (Å²) in [4.78, 5) is 13.9. The van der Waals surface area contributed by atoms with E-state index >= 15 is 0 Å². The lowest BCUT2D eigenvalue weighted by molar-refractivity contribution is -0.141. The molecule has 0 radical (unpaired) electrons. The summed E-state index contributed by atoms with van der Waals surface area (Å²) in [6, 6.07) is 0. The number of carbonyl (C=O) groups is 1. The first-order chi connectivity index (χ1) is 6.60. The second-order valence-corrected chi connectivity index (χ2v) is 4.64. The van der Waals surface area contributed by atoms with Crippen molar-refractivity contribution in [3.8, 4) is 0 Å². The van der Waals surface area contributed by atoms with E-state index in [9.17, 15) is 4.79 Å². The van der Waals surface area contributed by atoms with Crippen LogP contribution < -0.4 is 5.73 Å². The number of carbonyl (C=O) groups excluding carboxylic acids is 1. The van der Waals surface area contributed by atoms with Crippen LogP contribution in [-0.4, -0.2) is 30.9 Å². The lowest BCUT2D eigenvalue weighted by Crippen LogP contribution is -2.43. The van der Waals surface area contributed by atoms with E-state index in [-0.39, 0.29) is 11.3 Å². The Kier molecular flexibility index (Phi) is 3.93. The van der Waals surface area contributed by atoms with Crippen LogP contribution in [0.2, 0.25) is 0 Å². The summed E-state index contributed by atoms with van der Waals surface area (Å²) in [5.74, 6) is 0.280. The molecule has 0 aromatic carbocycles. The number of rotatable bonds is 3. The molecule has 0 aromatic rings. The Balaban J connectivity index is 2.56. The van der Waals surface area contributed by atoms with Crippen LogP contribution in [0.1, 0.15) is 39.0 Å². The van der Waals surface area contributed by atoms with Crippen molar-refractivity contribution in [2.24, 2.45) is 11.1 Å². The van der Waals surface area contributed by atoms with Gasteiger partial charge in [-0.3, -0.25) is 4.79 Å². The Morgan fingerprint density at radius 2 is 1.93 bits per heavy atom. The summed E-state index contributed by atoms with van der Waals surface area (Å²) < 4.78 is 0. The van der Waals surface area contributed by atoms with Gasteiger partial charge in [0.05, 0.1) is 0 Å². The van der Waals surface area contributed by atoms with Gasteiger partial charge in [0.25, 0.3) is 0 Å². The molecule has 1 aliphatic rings. The number of nitrogens with two attached hydrogens (primary N) is 1. The molecule has 0 unspecified atom stereocenters. The van der Waals surface area contributed by atoms with E-state index in [2.05, 4.69) is 6.92 Å². The molecule has 1 amide bonds. The molecule has 0 heterocycles. The quantitative estimate of drug-likeness (QED) is 0.744. The molecule has 1 fully saturated rings. The molecule has 1 saturated carbocycles. The Morgan fingerprint density at radius 1 is 1.36 bits per heavy atom. The fraction of sp³-hybridized carbons (Fsp3) is 0.909. The largest absolute Gasteiger partial charge is 0.344 e. The van der Waals surface area contributed by atoms with E-state index < -0.39 is 0 Å². The minimum absolute atomic E-state index is 0.109. The fourth-order valence-electron chi connectivity index (χ4n) is 2.30. The maximum absolute atomic E-state index is 12.1. The summed E-state index contributed by atoms with van der Waals surface area (Å²) in [6.07, 6.45) is 5.75. The molecule has 0 spiro atoms. The first-order valence-electron chi connectivity index (χ1n) is 5.56. The molecule has 0 bridgehead atoms. The van der Waals surface area contributed by atoms with Crippen LogP contribution in [-0.2, 0) is 4.79 Å². The van der Waals surface area contributed by atoms with Crippen LogP contribution in [0.25, 0.3) is 0 Å². The molecular weight excluding hydrogens is 176 g/mol. The van der Waals surface area contributed by atoms with Crippen molar-refractivity contribution in [2.75, 3.05) is 20.1 Å². The second kappa shape index (κ2) is 4.78. The zero-order valence-corrected chi connectivity index (χ0v) is 9.38. The molecule has 82 valence electrons. The molecule has 0 atom stereocenters. The van der Waals surface area contributed by atoms with E-state index in [4.69, 9.17) is 5.73 Å². The van der Waals surface area contributed by atoms with Crippen molar-refractivity contribution in [3.05, 3.63) is 0 Å². The maximum Gasteiger partial charge on any atom is 0.228 e. The van der Waals surface area contributed by atoms with Crippen molar-refractivity contribution in [2.45, 2.75) is 39.0 Å². The second-order valence-electron chi connectivity index (χ2n) is 4.64. The van der Waals surface area contributed by atoms with Crippen molar-refractivity contribution in [1.29, 1.82) is 0 Å². The standard InChI is InChI=1S/C11H22N2O/c1-11(6-4-3-5-7-11)10(14)13(2)9-8-12/h3-9,12H2,1-2H3. The van der Waals surface area contributed by atoms with Crippen LogP contribution in [0.15, 0.2) is 0 Å². The third kappa shape index (κ3) is 2.47. The Morgan fingerprint density at radius 3 is 2.43 bits per heavy atom. The van der Waals surface area contributed by atoms with Crippen LogP contribution in [0.4, 0.5) is 0 Å². The van der Waals surface area contributed by atoms with Crippen LogP contribution in [0, 0.1) is 5.41 Å². The minimum atomic E-state index is -0.109. The van der Waals surface area contributed by atoms with Gasteiger partial charge >= 0.3 is 0 Å². The number of hydrogen-bond acceptors (Lipinski definition) is 2. The number of amides is 1. The SMILES string of the molecule is CN(CCN)C(=O)C1(C)CCCCC1. The highest BCUT2D eigenvalue weighted by Crippen LogP contribution is 2.36. The normalized spacial score (nSPS) is 20.5. The zero-order valence-electron chi connectivity index (χ0n) is 9.38. The average Bonchev–Trinajstić information content (AvgIpc) is 2.18. The lowest BCUT2D eigenvalue weighted by Gasteiger charge is -2.35. The maximum atomic E-state index is 12.1. The first kappa shape index (κ1) is 11.5. The van der Waals surface area contributed by atoms with E-state index in [0.717, 1.165) is 12.8 Å². The van der Waals surface area contributed by atoms with Crippen LogP contribution >= 0.6 is 0 Å².